The molecule has 2 aromatic rings. The Kier molecular flexibility index (Phi) is 3.16. The minimum atomic E-state index is -1.29. The van der Waals surface area contributed by atoms with E-state index in [2.05, 4.69) is 10.4 Å². The van der Waals surface area contributed by atoms with Gasteiger partial charge in [-0.15, -0.1) is 0 Å². The summed E-state index contributed by atoms with van der Waals surface area (Å²) in [7, 11) is 1.65. The van der Waals surface area contributed by atoms with Gasteiger partial charge in [0, 0.05) is 19.3 Å². The number of halogens is 2. The van der Waals surface area contributed by atoms with Gasteiger partial charge in [0.2, 0.25) is 0 Å². The number of nitro benzene ring substituents is 1. The van der Waals surface area contributed by atoms with Crippen LogP contribution >= 0.6 is 0 Å². The second kappa shape index (κ2) is 4.63. The Hall–Kier alpha value is -2.51. The number of aromatic nitrogens is 2. The quantitative estimate of drug-likeness (QED) is 0.686. The van der Waals surface area contributed by atoms with Gasteiger partial charge < -0.3 is 5.32 Å². The molecule has 0 radical (unpaired) electrons. The molecule has 100 valence electrons. The van der Waals surface area contributed by atoms with E-state index in [-0.39, 0.29) is 0 Å². The Morgan fingerprint density at radius 3 is 2.63 bits per heavy atom. The Labute approximate surface area is 106 Å². The summed E-state index contributed by atoms with van der Waals surface area (Å²) in [6.45, 7) is 1.64. The lowest BCUT2D eigenvalue weighted by atomic mass is 10.2. The summed E-state index contributed by atoms with van der Waals surface area (Å²) in [5.74, 6) is -2.45. The van der Waals surface area contributed by atoms with E-state index in [0.717, 1.165) is 12.1 Å². The van der Waals surface area contributed by atoms with Crippen molar-refractivity contribution in [3.8, 4) is 0 Å². The minimum absolute atomic E-state index is 0.370. The van der Waals surface area contributed by atoms with Crippen molar-refractivity contribution in [2.24, 2.45) is 7.05 Å². The summed E-state index contributed by atoms with van der Waals surface area (Å²) in [6, 6.07) is 1.63. The molecule has 6 nitrogen and oxygen atoms in total. The number of rotatable bonds is 3. The van der Waals surface area contributed by atoms with Gasteiger partial charge in [0.1, 0.15) is 0 Å². The van der Waals surface area contributed by atoms with E-state index in [9.17, 15) is 18.9 Å². The second-order valence-electron chi connectivity index (χ2n) is 3.94. The van der Waals surface area contributed by atoms with Crippen molar-refractivity contribution in [2.75, 3.05) is 5.32 Å². The molecule has 0 spiro atoms. The van der Waals surface area contributed by atoms with Gasteiger partial charge in [0.25, 0.3) is 5.69 Å². The molecule has 2 rings (SSSR count). The first kappa shape index (κ1) is 12.9. The molecule has 0 aliphatic rings. The summed E-state index contributed by atoms with van der Waals surface area (Å²) in [5, 5.41) is 17.3. The number of nitro groups is 1. The highest BCUT2D eigenvalue weighted by Gasteiger charge is 2.22. The van der Waals surface area contributed by atoms with Crippen LogP contribution in [0.15, 0.2) is 18.3 Å². The molecule has 0 saturated heterocycles. The van der Waals surface area contributed by atoms with Crippen LogP contribution in [0.2, 0.25) is 0 Å². The van der Waals surface area contributed by atoms with Gasteiger partial charge >= 0.3 is 0 Å². The van der Waals surface area contributed by atoms with Gasteiger partial charge in [0.15, 0.2) is 17.3 Å². The zero-order valence-electron chi connectivity index (χ0n) is 10.1. The molecule has 0 saturated carbocycles. The molecule has 0 aliphatic heterocycles. The van der Waals surface area contributed by atoms with Crippen molar-refractivity contribution in [1.29, 1.82) is 0 Å². The molecule has 8 heteroatoms. The lowest BCUT2D eigenvalue weighted by molar-refractivity contribution is -0.384. The smallest absolute Gasteiger partial charge is 0.295 e. The van der Waals surface area contributed by atoms with E-state index in [1.165, 1.54) is 10.9 Å². The molecule has 1 heterocycles. The van der Waals surface area contributed by atoms with Crippen molar-refractivity contribution in [2.45, 2.75) is 6.92 Å². The van der Waals surface area contributed by atoms with Gasteiger partial charge in [-0.2, -0.15) is 5.10 Å². The fraction of sp³-hybridized carbons (Fsp3) is 0.182. The number of anilines is 2. The van der Waals surface area contributed by atoms with Crippen molar-refractivity contribution >= 4 is 17.1 Å². The predicted octanol–water partition coefficient (Wildman–Crippen LogP) is 2.66. The molecule has 0 atom stereocenters. The number of nitrogens with zero attached hydrogens (tertiary/aromatic N) is 3. The highest BCUT2D eigenvalue weighted by Crippen LogP contribution is 2.32. The number of nitrogens with one attached hydrogen (secondary N) is 1. The fourth-order valence-electron chi connectivity index (χ4n) is 1.67. The lowest BCUT2D eigenvalue weighted by Gasteiger charge is -2.07. The van der Waals surface area contributed by atoms with E-state index in [1.54, 1.807) is 14.0 Å². The van der Waals surface area contributed by atoms with Gasteiger partial charge in [-0.05, 0) is 13.0 Å². The van der Waals surface area contributed by atoms with Gasteiger partial charge in [0.05, 0.1) is 16.3 Å². The van der Waals surface area contributed by atoms with Crippen LogP contribution in [0.3, 0.4) is 0 Å². The maximum atomic E-state index is 13.7. The first-order chi connectivity index (χ1) is 8.90. The molecule has 1 N–H and O–H groups in total. The molecule has 0 aliphatic carbocycles. The molecule has 0 fully saturated rings. The summed E-state index contributed by atoms with van der Waals surface area (Å²) in [5.41, 5.74) is -0.168. The van der Waals surface area contributed by atoms with Crippen LogP contribution in [-0.2, 0) is 7.05 Å². The zero-order chi connectivity index (χ0) is 14.2. The highest BCUT2D eigenvalue weighted by molar-refractivity contribution is 5.70. The number of hydrogen-bond donors (Lipinski definition) is 1. The van der Waals surface area contributed by atoms with E-state index in [0.29, 0.717) is 11.4 Å². The third-order valence-corrected chi connectivity index (χ3v) is 2.54. The Bertz CT molecular complexity index is 654. The Morgan fingerprint density at radius 1 is 1.42 bits per heavy atom. The molecule has 1 aromatic heterocycles. The minimum Gasteiger partial charge on any atom is -0.345 e. The summed E-state index contributed by atoms with van der Waals surface area (Å²) >= 11 is 0. The number of hydrogen-bond acceptors (Lipinski definition) is 4. The summed E-state index contributed by atoms with van der Waals surface area (Å²) in [6.07, 6.45) is 1.52. The topological polar surface area (TPSA) is 73.0 Å². The van der Waals surface area contributed by atoms with Gasteiger partial charge in [-0.25, -0.2) is 8.78 Å². The fourth-order valence-corrected chi connectivity index (χ4v) is 1.67. The molecule has 19 heavy (non-hydrogen) atoms. The molecule has 0 unspecified atom stereocenters. The normalized spacial score (nSPS) is 10.5. The van der Waals surface area contributed by atoms with Crippen molar-refractivity contribution in [3.05, 3.63) is 45.8 Å². The number of benzene rings is 1. The van der Waals surface area contributed by atoms with Crippen LogP contribution in [0, 0.1) is 28.7 Å². The summed E-state index contributed by atoms with van der Waals surface area (Å²) in [4.78, 5) is 10.0. The Morgan fingerprint density at radius 2 is 2.11 bits per heavy atom. The number of aryl methyl sites for hydroxylation is 2. The molecular formula is C11H10F2N4O2. The molecule has 0 amide bonds. The average Bonchev–Trinajstić information content (AvgIpc) is 2.63. The third-order valence-electron chi connectivity index (χ3n) is 2.54. The van der Waals surface area contributed by atoms with Crippen LogP contribution in [0.1, 0.15) is 5.69 Å². The standard InChI is InChI=1S/C11H10F2N4O2/c1-6-8(5-16(2)15-6)14-11-9(17(18)19)4-3-7(12)10(11)13/h3-5,14H,1-2H3. The Balaban J connectivity index is 2.52. The SMILES string of the molecule is Cc1nn(C)cc1Nc1c([N+](=O)[O-])ccc(F)c1F. The van der Waals surface area contributed by atoms with Crippen LogP contribution in [0.25, 0.3) is 0 Å². The van der Waals surface area contributed by atoms with E-state index >= 15 is 0 Å². The first-order valence-electron chi connectivity index (χ1n) is 5.30. The molecule has 1 aromatic carbocycles. The second-order valence-corrected chi connectivity index (χ2v) is 3.94. The van der Waals surface area contributed by atoms with Crippen LogP contribution in [-0.4, -0.2) is 14.7 Å². The monoisotopic (exact) mass is 268 g/mol. The maximum Gasteiger partial charge on any atom is 0.295 e. The third kappa shape index (κ3) is 2.37. The molecular weight excluding hydrogens is 258 g/mol. The average molecular weight is 268 g/mol. The highest BCUT2D eigenvalue weighted by atomic mass is 19.2. The van der Waals surface area contributed by atoms with E-state index in [4.69, 9.17) is 0 Å². The summed E-state index contributed by atoms with van der Waals surface area (Å²) < 4.78 is 28.3. The maximum absolute atomic E-state index is 13.7. The zero-order valence-corrected chi connectivity index (χ0v) is 10.1. The van der Waals surface area contributed by atoms with Gasteiger partial charge in [-0.3, -0.25) is 14.8 Å². The first-order valence-corrected chi connectivity index (χ1v) is 5.30. The van der Waals surface area contributed by atoms with Crippen LogP contribution in [0.4, 0.5) is 25.8 Å². The lowest BCUT2D eigenvalue weighted by Crippen LogP contribution is -2.02. The van der Waals surface area contributed by atoms with E-state index in [1.807, 2.05) is 0 Å². The largest absolute Gasteiger partial charge is 0.345 e. The van der Waals surface area contributed by atoms with Gasteiger partial charge in [-0.1, -0.05) is 0 Å². The predicted molar refractivity (Wildman–Crippen MR) is 64.2 cm³/mol. The van der Waals surface area contributed by atoms with Crippen LogP contribution < -0.4 is 5.32 Å². The van der Waals surface area contributed by atoms with E-state index < -0.39 is 27.9 Å². The van der Waals surface area contributed by atoms with Crippen LogP contribution in [0.5, 0.6) is 0 Å². The van der Waals surface area contributed by atoms with Crippen molar-refractivity contribution < 1.29 is 13.7 Å². The van der Waals surface area contributed by atoms with Crippen molar-refractivity contribution in [3.63, 3.8) is 0 Å². The molecule has 0 bridgehead atoms. The van der Waals surface area contributed by atoms with Crippen molar-refractivity contribution in [1.82, 2.24) is 9.78 Å².